The van der Waals surface area contributed by atoms with E-state index in [4.69, 9.17) is 4.74 Å². The Balaban J connectivity index is 1.45. The number of benzene rings is 2. The molecule has 1 heterocycles. The van der Waals surface area contributed by atoms with E-state index in [2.05, 4.69) is 5.32 Å². The van der Waals surface area contributed by atoms with Crippen molar-refractivity contribution in [3.05, 3.63) is 48.0 Å². The first kappa shape index (κ1) is 20.7. The molecule has 1 saturated heterocycles. The Labute approximate surface area is 168 Å². The largest absolute Gasteiger partial charge is 0.455 e. The highest BCUT2D eigenvalue weighted by Gasteiger charge is 2.28. The smallest absolute Gasteiger partial charge is 0.316 e. The molecule has 0 saturated carbocycles. The molecule has 2 atom stereocenters. The van der Waals surface area contributed by atoms with Crippen molar-refractivity contribution in [2.24, 2.45) is 0 Å². The van der Waals surface area contributed by atoms with Crippen LogP contribution >= 0.6 is 11.8 Å². The van der Waals surface area contributed by atoms with Gasteiger partial charge in [0.2, 0.25) is 0 Å². The first-order valence-corrected chi connectivity index (χ1v) is 12.0. The lowest BCUT2D eigenvalue weighted by Gasteiger charge is -2.16. The molecule has 6 nitrogen and oxygen atoms in total. The Morgan fingerprint density at radius 3 is 2.71 bits per heavy atom. The number of fused-ring (bicyclic) bond motifs is 1. The van der Waals surface area contributed by atoms with Gasteiger partial charge in [0.15, 0.2) is 16.4 Å². The molecule has 0 bridgehead atoms. The average molecular weight is 422 g/mol. The van der Waals surface area contributed by atoms with Gasteiger partial charge in [-0.3, -0.25) is 9.59 Å². The molecule has 0 spiro atoms. The molecule has 3 rings (SSSR count). The molecule has 0 aromatic heterocycles. The van der Waals surface area contributed by atoms with Crippen LogP contribution in [-0.4, -0.2) is 49.4 Å². The Kier molecular flexibility index (Phi) is 6.61. The molecule has 1 amide bonds. The van der Waals surface area contributed by atoms with Gasteiger partial charge in [0.05, 0.1) is 23.3 Å². The number of carbonyl (C=O) groups excluding carboxylic acids is 2. The molecule has 1 aliphatic rings. The summed E-state index contributed by atoms with van der Waals surface area (Å²) in [4.78, 5) is 24.0. The van der Waals surface area contributed by atoms with Crippen LogP contribution in [-0.2, 0) is 24.2 Å². The van der Waals surface area contributed by atoms with Crippen LogP contribution in [0.3, 0.4) is 0 Å². The lowest BCUT2D eigenvalue weighted by molar-refractivity contribution is -0.146. The SMILES string of the molecule is C[C@@H](NC(=O)COC(=O)CS[C@H]1CCS(=O)(=O)C1)c1cccc2ccccc12. The summed E-state index contributed by atoms with van der Waals surface area (Å²) >= 11 is 1.27. The first-order chi connectivity index (χ1) is 13.3. The van der Waals surface area contributed by atoms with E-state index in [1.54, 1.807) is 0 Å². The van der Waals surface area contributed by atoms with E-state index in [1.165, 1.54) is 11.8 Å². The minimum atomic E-state index is -2.96. The van der Waals surface area contributed by atoms with E-state index in [-0.39, 0.29) is 41.1 Å². The standard InChI is InChI=1S/C20H23NO5S2/c1-14(17-8-4-6-15-5-2-3-7-18(15)17)21-19(22)11-26-20(23)12-27-16-9-10-28(24,25)13-16/h2-8,14,16H,9-13H2,1H3,(H,21,22)/t14-,16+/m1/s1. The van der Waals surface area contributed by atoms with Crippen LogP contribution in [0.5, 0.6) is 0 Å². The van der Waals surface area contributed by atoms with Crippen molar-refractivity contribution >= 4 is 44.2 Å². The van der Waals surface area contributed by atoms with E-state index >= 15 is 0 Å². The number of esters is 1. The van der Waals surface area contributed by atoms with Gasteiger partial charge in [0.25, 0.3) is 5.91 Å². The van der Waals surface area contributed by atoms with Gasteiger partial charge in [-0.2, -0.15) is 0 Å². The summed E-state index contributed by atoms with van der Waals surface area (Å²) in [6.45, 7) is 1.54. The fraction of sp³-hybridized carbons (Fsp3) is 0.400. The fourth-order valence-corrected chi connectivity index (χ4v) is 6.69. The summed E-state index contributed by atoms with van der Waals surface area (Å²) in [5.74, 6) is -0.557. The van der Waals surface area contributed by atoms with E-state index < -0.39 is 15.8 Å². The number of rotatable bonds is 7. The number of carbonyl (C=O) groups is 2. The summed E-state index contributed by atoms with van der Waals surface area (Å²) in [6.07, 6.45) is 0.559. The monoisotopic (exact) mass is 421 g/mol. The Morgan fingerprint density at radius 2 is 1.96 bits per heavy atom. The predicted molar refractivity (Wildman–Crippen MR) is 111 cm³/mol. The Bertz CT molecular complexity index is 968. The van der Waals surface area contributed by atoms with Crippen LogP contribution in [0, 0.1) is 0 Å². The van der Waals surface area contributed by atoms with Crippen molar-refractivity contribution in [3.8, 4) is 0 Å². The maximum Gasteiger partial charge on any atom is 0.316 e. The van der Waals surface area contributed by atoms with Crippen molar-refractivity contribution < 1.29 is 22.7 Å². The van der Waals surface area contributed by atoms with Gasteiger partial charge in [-0.25, -0.2) is 8.42 Å². The summed E-state index contributed by atoms with van der Waals surface area (Å²) in [5.41, 5.74) is 0.996. The van der Waals surface area contributed by atoms with Crippen molar-refractivity contribution in [2.75, 3.05) is 23.9 Å². The lowest BCUT2D eigenvalue weighted by atomic mass is 10.00. The van der Waals surface area contributed by atoms with Gasteiger partial charge < -0.3 is 10.1 Å². The number of amides is 1. The molecule has 1 aliphatic heterocycles. The van der Waals surface area contributed by atoms with Crippen LogP contribution in [0.1, 0.15) is 24.9 Å². The second-order valence-electron chi connectivity index (χ2n) is 6.85. The third kappa shape index (κ3) is 5.48. The molecule has 2 aromatic rings. The summed E-state index contributed by atoms with van der Waals surface area (Å²) in [6, 6.07) is 13.6. The van der Waals surface area contributed by atoms with Crippen molar-refractivity contribution in [1.29, 1.82) is 0 Å². The molecule has 0 aliphatic carbocycles. The lowest BCUT2D eigenvalue weighted by Crippen LogP contribution is -2.31. The van der Waals surface area contributed by atoms with E-state index in [0.717, 1.165) is 16.3 Å². The predicted octanol–water partition coefficient (Wildman–Crippen LogP) is 2.48. The van der Waals surface area contributed by atoms with Gasteiger partial charge >= 0.3 is 5.97 Å². The summed E-state index contributed by atoms with van der Waals surface area (Å²) < 4.78 is 27.9. The number of sulfone groups is 1. The number of ether oxygens (including phenoxy) is 1. The number of nitrogens with one attached hydrogen (secondary N) is 1. The zero-order chi connectivity index (χ0) is 20.1. The van der Waals surface area contributed by atoms with Gasteiger partial charge in [-0.05, 0) is 29.7 Å². The maximum absolute atomic E-state index is 12.1. The minimum absolute atomic E-state index is 0.0480. The van der Waals surface area contributed by atoms with E-state index in [0.29, 0.717) is 6.42 Å². The molecule has 150 valence electrons. The van der Waals surface area contributed by atoms with Gasteiger partial charge in [-0.1, -0.05) is 42.5 Å². The molecule has 0 unspecified atom stereocenters. The van der Waals surface area contributed by atoms with Crippen molar-refractivity contribution in [2.45, 2.75) is 24.6 Å². The molecular weight excluding hydrogens is 398 g/mol. The number of thioether (sulfide) groups is 1. The molecule has 8 heteroatoms. The van der Waals surface area contributed by atoms with Gasteiger partial charge in [0.1, 0.15) is 0 Å². The van der Waals surface area contributed by atoms with Crippen molar-refractivity contribution in [1.82, 2.24) is 5.32 Å². The third-order valence-electron chi connectivity index (χ3n) is 4.66. The minimum Gasteiger partial charge on any atom is -0.455 e. The fourth-order valence-electron chi connectivity index (χ4n) is 3.25. The molecular formula is C20H23NO5S2. The highest BCUT2D eigenvalue weighted by molar-refractivity contribution is 8.02. The first-order valence-electron chi connectivity index (χ1n) is 9.09. The van der Waals surface area contributed by atoms with Crippen LogP contribution < -0.4 is 5.32 Å². The van der Waals surface area contributed by atoms with Crippen molar-refractivity contribution in [3.63, 3.8) is 0 Å². The molecule has 1 N–H and O–H groups in total. The highest BCUT2D eigenvalue weighted by atomic mass is 32.2. The zero-order valence-electron chi connectivity index (χ0n) is 15.6. The molecule has 2 aromatic carbocycles. The van der Waals surface area contributed by atoms with Crippen LogP contribution in [0.15, 0.2) is 42.5 Å². The van der Waals surface area contributed by atoms with E-state index in [1.807, 2.05) is 49.4 Å². The average Bonchev–Trinajstić information content (AvgIpc) is 3.03. The van der Waals surface area contributed by atoms with Crippen LogP contribution in [0.2, 0.25) is 0 Å². The molecule has 1 fully saturated rings. The van der Waals surface area contributed by atoms with Crippen LogP contribution in [0.4, 0.5) is 0 Å². The maximum atomic E-state index is 12.1. The zero-order valence-corrected chi connectivity index (χ0v) is 17.2. The second-order valence-corrected chi connectivity index (χ2v) is 10.4. The van der Waals surface area contributed by atoms with Gasteiger partial charge in [-0.15, -0.1) is 11.8 Å². The molecule has 0 radical (unpaired) electrons. The third-order valence-corrected chi connectivity index (χ3v) is 7.91. The number of hydrogen-bond acceptors (Lipinski definition) is 6. The summed E-state index contributed by atoms with van der Waals surface area (Å²) in [5, 5.41) is 4.94. The highest BCUT2D eigenvalue weighted by Crippen LogP contribution is 2.25. The Morgan fingerprint density at radius 1 is 1.21 bits per heavy atom. The topological polar surface area (TPSA) is 89.5 Å². The summed E-state index contributed by atoms with van der Waals surface area (Å²) in [7, 11) is -2.96. The number of hydrogen-bond donors (Lipinski definition) is 1. The van der Waals surface area contributed by atoms with Gasteiger partial charge in [0, 0.05) is 5.25 Å². The quantitative estimate of drug-likeness (QED) is 0.691. The van der Waals surface area contributed by atoms with Crippen LogP contribution in [0.25, 0.3) is 10.8 Å². The molecule has 28 heavy (non-hydrogen) atoms. The Hall–Kier alpha value is -2.06. The van der Waals surface area contributed by atoms with E-state index in [9.17, 15) is 18.0 Å². The second kappa shape index (κ2) is 8.96. The normalized spacial score (nSPS) is 19.2.